The first-order chi connectivity index (χ1) is 20.2. The van der Waals surface area contributed by atoms with Crippen LogP contribution < -0.4 is 27.4 Å². The Balaban J connectivity index is 1.72. The molecule has 3 aromatic carbocycles. The molecular weight excluding hydrogens is 538 g/mol. The lowest BCUT2D eigenvalue weighted by atomic mass is 9.90. The van der Waals surface area contributed by atoms with Crippen LogP contribution in [0.2, 0.25) is 0 Å². The molecule has 0 heterocycles. The Morgan fingerprint density at radius 2 is 1.38 bits per heavy atom. The number of rotatable bonds is 15. The summed E-state index contributed by atoms with van der Waals surface area (Å²) in [5.74, 6) is -2.08. The van der Waals surface area contributed by atoms with Crippen LogP contribution in [-0.2, 0) is 27.3 Å². The van der Waals surface area contributed by atoms with Crippen molar-refractivity contribution in [3.8, 4) is 0 Å². The van der Waals surface area contributed by atoms with Gasteiger partial charge in [0.1, 0.15) is 11.1 Å². The number of nitrogens with zero attached hydrogens (tertiary/aromatic N) is 2. The van der Waals surface area contributed by atoms with Gasteiger partial charge >= 0.3 is 0 Å². The summed E-state index contributed by atoms with van der Waals surface area (Å²) in [6.45, 7) is 0.430. The number of nitro groups is 1. The van der Waals surface area contributed by atoms with Crippen LogP contribution in [0.1, 0.15) is 47.4 Å². The zero-order chi connectivity index (χ0) is 30.3. The highest BCUT2D eigenvalue weighted by Gasteiger charge is 2.27. The molecule has 3 amide bonds. The van der Waals surface area contributed by atoms with Crippen molar-refractivity contribution in [2.75, 3.05) is 6.54 Å². The van der Waals surface area contributed by atoms with Crippen LogP contribution in [0, 0.1) is 10.1 Å². The van der Waals surface area contributed by atoms with E-state index < -0.39 is 17.0 Å². The third-order valence-electron chi connectivity index (χ3n) is 6.48. The molecule has 1 atom stereocenters. The van der Waals surface area contributed by atoms with Gasteiger partial charge in [0.05, 0.1) is 5.92 Å². The van der Waals surface area contributed by atoms with Gasteiger partial charge in [-0.25, -0.2) is 10.1 Å². The summed E-state index contributed by atoms with van der Waals surface area (Å²) in [6.07, 6.45) is 1.38. The first-order valence-corrected chi connectivity index (χ1v) is 13.5. The topological polar surface area (TPSA) is 195 Å². The number of hydrogen-bond acceptors (Lipinski definition) is 5. The smallest absolute Gasteiger partial charge is 0.266 e. The van der Waals surface area contributed by atoms with E-state index in [9.17, 15) is 24.5 Å². The van der Waals surface area contributed by atoms with Crippen molar-refractivity contribution < 1.29 is 19.4 Å². The maximum Gasteiger partial charge on any atom is 0.266 e. The molecular formula is C30H35N7O5. The summed E-state index contributed by atoms with van der Waals surface area (Å²) >= 11 is 0. The lowest BCUT2D eigenvalue weighted by Crippen LogP contribution is -2.48. The molecule has 12 nitrogen and oxygen atoms in total. The summed E-state index contributed by atoms with van der Waals surface area (Å²) in [7, 11) is 0. The third kappa shape index (κ3) is 10.4. The van der Waals surface area contributed by atoms with Crippen molar-refractivity contribution in [1.29, 1.82) is 0 Å². The van der Waals surface area contributed by atoms with Crippen molar-refractivity contribution >= 4 is 23.7 Å². The molecule has 0 saturated heterocycles. The van der Waals surface area contributed by atoms with Crippen LogP contribution in [0.4, 0.5) is 0 Å². The first kappa shape index (κ1) is 31.3. The summed E-state index contributed by atoms with van der Waals surface area (Å²) < 4.78 is 0. The van der Waals surface area contributed by atoms with Gasteiger partial charge in [-0.1, -0.05) is 84.9 Å². The monoisotopic (exact) mass is 573 g/mol. The maximum absolute atomic E-state index is 13.7. The van der Waals surface area contributed by atoms with Gasteiger partial charge in [-0.15, -0.1) is 0 Å². The summed E-state index contributed by atoms with van der Waals surface area (Å²) in [5.41, 5.74) is 14.1. The molecule has 7 N–H and O–H groups in total. The van der Waals surface area contributed by atoms with Crippen molar-refractivity contribution in [3.05, 3.63) is 117 Å². The van der Waals surface area contributed by atoms with Gasteiger partial charge in [0.2, 0.25) is 17.7 Å². The minimum atomic E-state index is -0.906. The number of guanidine groups is 1. The summed E-state index contributed by atoms with van der Waals surface area (Å²) in [6, 6.07) is 25.1. The van der Waals surface area contributed by atoms with Crippen molar-refractivity contribution in [2.24, 2.45) is 16.6 Å². The minimum Gasteiger partial charge on any atom is -0.370 e. The summed E-state index contributed by atoms with van der Waals surface area (Å²) in [4.78, 5) is 48.6. The molecule has 0 aromatic heterocycles. The molecule has 0 unspecified atom stereocenters. The zero-order valence-electron chi connectivity index (χ0n) is 23.1. The quantitative estimate of drug-likeness (QED) is 0.0602. The van der Waals surface area contributed by atoms with Crippen LogP contribution in [-0.4, -0.2) is 41.3 Å². The highest BCUT2D eigenvalue weighted by Crippen LogP contribution is 2.25. The van der Waals surface area contributed by atoms with Gasteiger partial charge in [-0.3, -0.25) is 14.4 Å². The van der Waals surface area contributed by atoms with E-state index in [-0.39, 0.29) is 49.6 Å². The Hall–Kier alpha value is -5.26. The van der Waals surface area contributed by atoms with E-state index in [4.69, 9.17) is 11.5 Å². The molecule has 220 valence electrons. The van der Waals surface area contributed by atoms with Crippen LogP contribution in [0.5, 0.6) is 0 Å². The van der Waals surface area contributed by atoms with Crippen molar-refractivity contribution in [1.82, 2.24) is 16.0 Å². The zero-order valence-corrected chi connectivity index (χ0v) is 23.1. The molecule has 3 aromatic rings. The lowest BCUT2D eigenvalue weighted by molar-refractivity contribution is -0.485. The third-order valence-corrected chi connectivity index (χ3v) is 6.48. The fourth-order valence-electron chi connectivity index (χ4n) is 4.36. The number of nitrogens with two attached hydrogens (primary N) is 2. The second kappa shape index (κ2) is 16.1. The van der Waals surface area contributed by atoms with Gasteiger partial charge in [0, 0.05) is 19.5 Å². The lowest BCUT2D eigenvalue weighted by Gasteiger charge is -2.23. The SMILES string of the molecule is NC(=O)CCc1ccc(CNC(=O)[C@@H](CCCNC(N)=N[N+](=O)[O-])NC(=O)C(c2ccccc2)c2ccccc2)cc1. The summed E-state index contributed by atoms with van der Waals surface area (Å²) in [5, 5.41) is 21.0. The minimum absolute atomic E-state index is 0.205. The van der Waals surface area contributed by atoms with E-state index in [0.717, 1.165) is 22.3 Å². The molecule has 12 heteroatoms. The van der Waals surface area contributed by atoms with E-state index in [1.807, 2.05) is 84.9 Å². The fraction of sp³-hybridized carbons (Fsp3) is 0.267. The molecule has 0 spiro atoms. The fourth-order valence-corrected chi connectivity index (χ4v) is 4.36. The largest absolute Gasteiger partial charge is 0.370 e. The molecule has 0 aliphatic carbocycles. The standard InChI is InChI=1S/C30H35N7O5/c31-26(38)18-17-21-13-15-22(16-14-21)20-34-28(39)25(12-7-19-33-30(32)36-37(41)42)35-29(40)27(23-8-3-1-4-9-23)24-10-5-2-6-11-24/h1-6,8-11,13-16,25,27H,7,12,17-20H2,(H2,31,38)(H,34,39)(H,35,40)(H3,32,33,36)/t25-/m1/s1. The average Bonchev–Trinajstić information content (AvgIpc) is 2.97. The van der Waals surface area contributed by atoms with Crippen LogP contribution in [0.25, 0.3) is 0 Å². The molecule has 0 aliphatic rings. The number of benzene rings is 3. The molecule has 0 fully saturated rings. The Kier molecular flexibility index (Phi) is 12.0. The molecule has 0 saturated carbocycles. The van der Waals surface area contributed by atoms with Crippen LogP contribution >= 0.6 is 0 Å². The predicted octanol–water partition coefficient (Wildman–Crippen LogP) is 1.91. The van der Waals surface area contributed by atoms with E-state index in [0.29, 0.717) is 12.8 Å². The highest BCUT2D eigenvalue weighted by atomic mass is 16.7. The number of amides is 3. The van der Waals surface area contributed by atoms with E-state index >= 15 is 0 Å². The van der Waals surface area contributed by atoms with Crippen LogP contribution in [0.3, 0.4) is 0 Å². The highest BCUT2D eigenvalue weighted by molar-refractivity contribution is 5.92. The Bertz CT molecular complexity index is 1330. The molecule has 0 aliphatic heterocycles. The maximum atomic E-state index is 13.7. The van der Waals surface area contributed by atoms with Gasteiger partial charge in [0.15, 0.2) is 5.03 Å². The van der Waals surface area contributed by atoms with Crippen molar-refractivity contribution in [3.63, 3.8) is 0 Å². The van der Waals surface area contributed by atoms with Gasteiger partial charge in [-0.2, -0.15) is 0 Å². The number of carbonyl (C=O) groups is 3. The van der Waals surface area contributed by atoms with Crippen molar-refractivity contribution in [2.45, 2.75) is 44.2 Å². The normalized spacial score (nSPS) is 11.9. The van der Waals surface area contributed by atoms with Gasteiger partial charge in [0.25, 0.3) is 5.96 Å². The average molecular weight is 574 g/mol. The number of aryl methyl sites for hydroxylation is 1. The second-order valence-electron chi connectivity index (χ2n) is 9.61. The first-order valence-electron chi connectivity index (χ1n) is 13.5. The number of primary amides is 1. The molecule has 0 bridgehead atoms. The molecule has 0 radical (unpaired) electrons. The predicted molar refractivity (Wildman–Crippen MR) is 158 cm³/mol. The number of hydrogen-bond donors (Lipinski definition) is 5. The number of nitrogens with one attached hydrogen (secondary N) is 3. The van der Waals surface area contributed by atoms with Gasteiger partial charge < -0.3 is 27.4 Å². The van der Waals surface area contributed by atoms with E-state index in [1.54, 1.807) is 0 Å². The second-order valence-corrected chi connectivity index (χ2v) is 9.61. The molecule has 3 rings (SSSR count). The Morgan fingerprint density at radius 3 is 1.93 bits per heavy atom. The molecule has 42 heavy (non-hydrogen) atoms. The number of hydrazone groups is 1. The van der Waals surface area contributed by atoms with E-state index in [2.05, 4.69) is 21.1 Å². The van der Waals surface area contributed by atoms with Crippen LogP contribution in [0.15, 0.2) is 90.0 Å². The number of carbonyl (C=O) groups excluding carboxylic acids is 3. The van der Waals surface area contributed by atoms with Gasteiger partial charge in [-0.05, 0) is 41.5 Å². The Labute approximate surface area is 243 Å². The Morgan fingerprint density at radius 1 is 0.810 bits per heavy atom. The van der Waals surface area contributed by atoms with E-state index in [1.165, 1.54) is 0 Å².